The van der Waals surface area contributed by atoms with Crippen molar-refractivity contribution in [3.8, 4) is 0 Å². The Hall–Kier alpha value is -2.41. The molecule has 3 aromatic rings. The fraction of sp³-hybridized carbons (Fsp3) is 0.407. The molecule has 3 nitrogen and oxygen atoms in total. The highest BCUT2D eigenvalue weighted by atomic mass is 19.2. The minimum absolute atomic E-state index is 0.0619. The average Bonchev–Trinajstić information content (AvgIpc) is 2.84. The van der Waals surface area contributed by atoms with E-state index < -0.39 is 17.9 Å². The molecular formula is C27H29F3O3. The number of fused-ring (bicyclic) bond motifs is 1. The second-order valence-electron chi connectivity index (χ2n) is 8.47. The summed E-state index contributed by atoms with van der Waals surface area (Å²) in [5.74, 6) is -2.07. The molecule has 0 atom stereocenters. The predicted molar refractivity (Wildman–Crippen MR) is 122 cm³/mol. The van der Waals surface area contributed by atoms with Crippen molar-refractivity contribution in [3.63, 3.8) is 0 Å². The van der Waals surface area contributed by atoms with Crippen molar-refractivity contribution < 1.29 is 27.4 Å². The van der Waals surface area contributed by atoms with Gasteiger partial charge in [0.25, 0.3) is 0 Å². The van der Waals surface area contributed by atoms with Crippen LogP contribution in [0.1, 0.15) is 49.2 Å². The van der Waals surface area contributed by atoms with Gasteiger partial charge in [-0.05, 0) is 54.0 Å². The first-order valence-electron chi connectivity index (χ1n) is 11.5. The van der Waals surface area contributed by atoms with Crippen LogP contribution in [0, 0.1) is 17.5 Å². The topological polar surface area (TPSA) is 27.7 Å². The molecule has 0 amide bonds. The van der Waals surface area contributed by atoms with Crippen LogP contribution in [0.4, 0.5) is 13.2 Å². The molecule has 0 saturated carbocycles. The number of ether oxygens (including phenoxy) is 3. The van der Waals surface area contributed by atoms with Gasteiger partial charge < -0.3 is 14.2 Å². The van der Waals surface area contributed by atoms with Crippen molar-refractivity contribution in [3.05, 3.63) is 82.7 Å². The van der Waals surface area contributed by atoms with E-state index in [1.165, 1.54) is 6.07 Å². The first-order chi connectivity index (χ1) is 16.0. The molecule has 4 rings (SSSR count). The van der Waals surface area contributed by atoms with Crippen molar-refractivity contribution in [2.24, 2.45) is 0 Å². The Labute approximate surface area is 192 Å². The Kier molecular flexibility index (Phi) is 8.02. The van der Waals surface area contributed by atoms with Crippen LogP contribution in [0.15, 0.2) is 48.5 Å². The number of unbranched alkanes of at least 4 members (excludes halogenated alkanes) is 2. The third kappa shape index (κ3) is 5.94. The molecule has 0 bridgehead atoms. The van der Waals surface area contributed by atoms with Gasteiger partial charge in [-0.1, -0.05) is 50.1 Å². The number of aryl methyl sites for hydroxylation is 2. The molecule has 0 radical (unpaired) electrons. The summed E-state index contributed by atoms with van der Waals surface area (Å²) < 4.78 is 59.1. The standard InChI is InChI=1S/C27H29F3O3/c1-2-3-4-13-31-22-16-32-27(33-17-22)21-10-11-23-20(15-21)9-8-19(26(23)30)7-5-18-6-12-24(28)25(29)14-18/h6,8-12,14-15,22,27H,2-5,7,13,16-17H2,1H3. The largest absolute Gasteiger partial charge is 0.373 e. The van der Waals surface area contributed by atoms with E-state index in [0.29, 0.717) is 49.2 Å². The highest BCUT2D eigenvalue weighted by Gasteiger charge is 2.24. The zero-order valence-electron chi connectivity index (χ0n) is 18.8. The summed E-state index contributed by atoms with van der Waals surface area (Å²) in [4.78, 5) is 0. The molecule has 33 heavy (non-hydrogen) atoms. The van der Waals surface area contributed by atoms with Crippen molar-refractivity contribution >= 4 is 10.8 Å². The van der Waals surface area contributed by atoms with Gasteiger partial charge in [0, 0.05) is 17.6 Å². The number of benzene rings is 3. The van der Waals surface area contributed by atoms with E-state index in [1.54, 1.807) is 12.1 Å². The van der Waals surface area contributed by atoms with Gasteiger partial charge in [0.1, 0.15) is 11.9 Å². The van der Waals surface area contributed by atoms with E-state index in [9.17, 15) is 8.78 Å². The van der Waals surface area contributed by atoms with Gasteiger partial charge in [0.2, 0.25) is 0 Å². The van der Waals surface area contributed by atoms with E-state index >= 15 is 4.39 Å². The SMILES string of the molecule is CCCCCOC1COC(c2ccc3c(F)c(CCc4ccc(F)c(F)c4)ccc3c2)OC1. The number of halogens is 3. The van der Waals surface area contributed by atoms with Crippen LogP contribution in [0.5, 0.6) is 0 Å². The molecule has 0 aliphatic carbocycles. The van der Waals surface area contributed by atoms with Crippen LogP contribution in [-0.2, 0) is 27.1 Å². The third-order valence-electron chi connectivity index (χ3n) is 5.97. The monoisotopic (exact) mass is 458 g/mol. The maximum Gasteiger partial charge on any atom is 0.184 e. The number of hydrogen-bond acceptors (Lipinski definition) is 3. The van der Waals surface area contributed by atoms with E-state index in [-0.39, 0.29) is 11.9 Å². The summed E-state index contributed by atoms with van der Waals surface area (Å²) >= 11 is 0. The van der Waals surface area contributed by atoms with Gasteiger partial charge in [-0.2, -0.15) is 0 Å². The molecule has 0 spiro atoms. The summed E-state index contributed by atoms with van der Waals surface area (Å²) in [6.45, 7) is 3.80. The quantitative estimate of drug-likeness (QED) is 0.336. The summed E-state index contributed by atoms with van der Waals surface area (Å²) in [6, 6.07) is 12.8. The summed E-state index contributed by atoms with van der Waals surface area (Å²) in [5, 5.41) is 1.26. The van der Waals surface area contributed by atoms with Crippen molar-refractivity contribution in [2.45, 2.75) is 51.4 Å². The molecule has 1 saturated heterocycles. The van der Waals surface area contributed by atoms with Gasteiger partial charge in [0.05, 0.1) is 13.2 Å². The van der Waals surface area contributed by atoms with Gasteiger partial charge in [0.15, 0.2) is 17.9 Å². The van der Waals surface area contributed by atoms with Crippen LogP contribution < -0.4 is 0 Å². The minimum atomic E-state index is -0.888. The normalized spacial score (nSPS) is 18.7. The Balaban J connectivity index is 1.38. The van der Waals surface area contributed by atoms with E-state index in [0.717, 1.165) is 42.3 Å². The van der Waals surface area contributed by atoms with Crippen molar-refractivity contribution in [2.75, 3.05) is 19.8 Å². The van der Waals surface area contributed by atoms with Crippen LogP contribution in [0.3, 0.4) is 0 Å². The Bertz CT molecular complexity index is 1080. The van der Waals surface area contributed by atoms with Crippen molar-refractivity contribution in [1.82, 2.24) is 0 Å². The minimum Gasteiger partial charge on any atom is -0.373 e. The highest BCUT2D eigenvalue weighted by molar-refractivity contribution is 5.84. The molecule has 3 aromatic carbocycles. The summed E-state index contributed by atoms with van der Waals surface area (Å²) in [7, 11) is 0. The zero-order chi connectivity index (χ0) is 23.2. The first kappa shape index (κ1) is 23.7. The fourth-order valence-electron chi connectivity index (χ4n) is 4.05. The van der Waals surface area contributed by atoms with Crippen LogP contribution >= 0.6 is 0 Å². The van der Waals surface area contributed by atoms with Crippen LogP contribution in [0.25, 0.3) is 10.8 Å². The first-order valence-corrected chi connectivity index (χ1v) is 11.5. The lowest BCUT2D eigenvalue weighted by Crippen LogP contribution is -2.33. The highest BCUT2D eigenvalue weighted by Crippen LogP contribution is 2.29. The Morgan fingerprint density at radius 2 is 1.70 bits per heavy atom. The van der Waals surface area contributed by atoms with Gasteiger partial charge in [-0.15, -0.1) is 0 Å². The van der Waals surface area contributed by atoms with Crippen molar-refractivity contribution in [1.29, 1.82) is 0 Å². The summed E-state index contributed by atoms with van der Waals surface area (Å²) in [5.41, 5.74) is 2.00. The number of hydrogen-bond donors (Lipinski definition) is 0. The van der Waals surface area contributed by atoms with E-state index in [1.807, 2.05) is 18.2 Å². The smallest absolute Gasteiger partial charge is 0.184 e. The molecule has 1 fully saturated rings. The van der Waals surface area contributed by atoms with Gasteiger partial charge in [-0.3, -0.25) is 0 Å². The second-order valence-corrected chi connectivity index (χ2v) is 8.47. The molecule has 1 heterocycles. The molecule has 0 aromatic heterocycles. The van der Waals surface area contributed by atoms with Crippen LogP contribution in [-0.4, -0.2) is 25.9 Å². The second kappa shape index (κ2) is 11.1. The maximum absolute atomic E-state index is 15.1. The van der Waals surface area contributed by atoms with E-state index in [2.05, 4.69) is 6.92 Å². The Morgan fingerprint density at radius 1 is 0.879 bits per heavy atom. The maximum atomic E-state index is 15.1. The zero-order valence-corrected chi connectivity index (χ0v) is 18.8. The lowest BCUT2D eigenvalue weighted by atomic mass is 9.99. The van der Waals surface area contributed by atoms with Crippen LogP contribution in [0.2, 0.25) is 0 Å². The average molecular weight is 459 g/mol. The molecule has 0 N–H and O–H groups in total. The molecular weight excluding hydrogens is 429 g/mol. The Morgan fingerprint density at radius 3 is 2.45 bits per heavy atom. The molecule has 1 aliphatic heterocycles. The van der Waals surface area contributed by atoms with Gasteiger partial charge >= 0.3 is 0 Å². The summed E-state index contributed by atoms with van der Waals surface area (Å²) in [6.07, 6.45) is 3.59. The molecule has 176 valence electrons. The fourth-order valence-corrected chi connectivity index (χ4v) is 4.05. The molecule has 6 heteroatoms. The lowest BCUT2D eigenvalue weighted by molar-refractivity contribution is -0.230. The number of rotatable bonds is 9. The lowest BCUT2D eigenvalue weighted by Gasteiger charge is -2.29. The predicted octanol–water partition coefficient (Wildman–Crippen LogP) is 6.66. The van der Waals surface area contributed by atoms with E-state index in [4.69, 9.17) is 14.2 Å². The molecule has 1 aliphatic rings. The molecule has 0 unspecified atom stereocenters. The van der Waals surface area contributed by atoms with Gasteiger partial charge in [-0.25, -0.2) is 13.2 Å². The third-order valence-corrected chi connectivity index (χ3v) is 5.97.